The average molecular weight is 373 g/mol. The Kier molecular flexibility index (Phi) is 7.31. The van der Waals surface area contributed by atoms with Gasteiger partial charge in [0.1, 0.15) is 11.6 Å². The molecule has 0 aliphatic heterocycles. The van der Waals surface area contributed by atoms with Gasteiger partial charge in [0.15, 0.2) is 0 Å². The van der Waals surface area contributed by atoms with E-state index in [4.69, 9.17) is 4.74 Å². The second kappa shape index (κ2) is 9.68. The molecular formula is C20H24FN3O3. The van der Waals surface area contributed by atoms with Crippen LogP contribution in [0.1, 0.15) is 12.5 Å². The Labute approximate surface area is 158 Å². The van der Waals surface area contributed by atoms with Gasteiger partial charge in [-0.15, -0.1) is 0 Å². The van der Waals surface area contributed by atoms with Crippen LogP contribution in [0.5, 0.6) is 5.75 Å². The molecule has 144 valence electrons. The average Bonchev–Trinajstić information content (AvgIpc) is 2.64. The molecule has 0 bridgehead atoms. The summed E-state index contributed by atoms with van der Waals surface area (Å²) in [4.78, 5) is 26.1. The minimum absolute atomic E-state index is 0.0246. The molecule has 2 N–H and O–H groups in total. The zero-order chi connectivity index (χ0) is 19.8. The molecule has 2 rings (SSSR count). The van der Waals surface area contributed by atoms with Crippen LogP contribution in [-0.2, 0) is 9.59 Å². The summed E-state index contributed by atoms with van der Waals surface area (Å²) in [6.45, 7) is 4.11. The van der Waals surface area contributed by atoms with Crippen molar-refractivity contribution in [3.8, 4) is 5.75 Å². The molecule has 0 atom stereocenters. The zero-order valence-electron chi connectivity index (χ0n) is 15.7. The van der Waals surface area contributed by atoms with Gasteiger partial charge in [0, 0.05) is 0 Å². The van der Waals surface area contributed by atoms with Crippen LogP contribution in [0.3, 0.4) is 0 Å². The fourth-order valence-electron chi connectivity index (χ4n) is 2.53. The minimum atomic E-state index is -0.486. The number of carbonyl (C=O) groups is 2. The summed E-state index contributed by atoms with van der Waals surface area (Å²) < 4.78 is 19.0. The molecule has 0 saturated carbocycles. The van der Waals surface area contributed by atoms with Gasteiger partial charge in [0.05, 0.1) is 31.6 Å². The molecule has 0 aliphatic carbocycles. The number of likely N-dealkylation sites (N-methyl/N-ethyl adjacent to an activating group) is 1. The number of anilines is 2. The van der Waals surface area contributed by atoms with Gasteiger partial charge in [0.2, 0.25) is 11.8 Å². The Balaban J connectivity index is 1.92. The first-order valence-electron chi connectivity index (χ1n) is 8.64. The van der Waals surface area contributed by atoms with Crippen molar-refractivity contribution in [2.45, 2.75) is 13.8 Å². The highest BCUT2D eigenvalue weighted by molar-refractivity contribution is 5.95. The number of halogens is 1. The largest absolute Gasteiger partial charge is 0.495 e. The molecule has 0 radical (unpaired) electrons. The number of amides is 2. The van der Waals surface area contributed by atoms with Crippen molar-refractivity contribution in [1.29, 1.82) is 0 Å². The molecule has 27 heavy (non-hydrogen) atoms. The van der Waals surface area contributed by atoms with Gasteiger partial charge in [-0.3, -0.25) is 14.5 Å². The van der Waals surface area contributed by atoms with E-state index in [1.165, 1.54) is 19.2 Å². The van der Waals surface area contributed by atoms with Crippen molar-refractivity contribution in [2.24, 2.45) is 0 Å². The lowest BCUT2D eigenvalue weighted by Gasteiger charge is -2.20. The number of aryl methyl sites for hydroxylation is 1. The third-order valence-electron chi connectivity index (χ3n) is 3.96. The standard InChI is InChI=1S/C20H24FN3O3/c1-4-24(12-19(25)22-16-10-9-14(2)11-15(16)21)13-20(26)23-17-7-5-6-8-18(17)27-3/h5-11H,4,12-13H2,1-3H3,(H,22,25)(H,23,26). The van der Waals surface area contributed by atoms with Gasteiger partial charge in [0.25, 0.3) is 0 Å². The zero-order valence-corrected chi connectivity index (χ0v) is 15.7. The smallest absolute Gasteiger partial charge is 0.238 e. The number of hydrogen-bond acceptors (Lipinski definition) is 4. The number of benzene rings is 2. The first-order valence-corrected chi connectivity index (χ1v) is 8.64. The summed E-state index contributed by atoms with van der Waals surface area (Å²) in [6, 6.07) is 11.7. The molecule has 0 aliphatic rings. The third-order valence-corrected chi connectivity index (χ3v) is 3.96. The number of para-hydroxylation sites is 2. The third kappa shape index (κ3) is 6.07. The van der Waals surface area contributed by atoms with Crippen molar-refractivity contribution in [3.63, 3.8) is 0 Å². The predicted octanol–water partition coefficient (Wildman–Crippen LogP) is 3.04. The van der Waals surface area contributed by atoms with Gasteiger partial charge in [-0.25, -0.2) is 4.39 Å². The highest BCUT2D eigenvalue weighted by atomic mass is 19.1. The minimum Gasteiger partial charge on any atom is -0.495 e. The maximum atomic E-state index is 13.8. The fraction of sp³-hybridized carbons (Fsp3) is 0.300. The van der Waals surface area contributed by atoms with E-state index in [0.717, 1.165) is 5.56 Å². The Hall–Kier alpha value is -2.93. The van der Waals surface area contributed by atoms with Gasteiger partial charge in [-0.2, -0.15) is 0 Å². The Morgan fingerprint density at radius 1 is 1.04 bits per heavy atom. The summed E-state index contributed by atoms with van der Waals surface area (Å²) in [6.07, 6.45) is 0. The normalized spacial score (nSPS) is 10.6. The van der Waals surface area contributed by atoms with Crippen molar-refractivity contribution >= 4 is 23.2 Å². The van der Waals surface area contributed by atoms with E-state index in [0.29, 0.717) is 18.0 Å². The first-order chi connectivity index (χ1) is 12.9. The monoisotopic (exact) mass is 373 g/mol. The van der Waals surface area contributed by atoms with Gasteiger partial charge < -0.3 is 15.4 Å². The van der Waals surface area contributed by atoms with Crippen LogP contribution in [0, 0.1) is 12.7 Å². The maximum Gasteiger partial charge on any atom is 0.238 e. The van der Waals surface area contributed by atoms with Crippen molar-refractivity contribution < 1.29 is 18.7 Å². The van der Waals surface area contributed by atoms with E-state index in [1.807, 2.05) is 6.92 Å². The molecule has 2 amide bonds. The lowest BCUT2D eigenvalue weighted by atomic mass is 10.2. The predicted molar refractivity (Wildman–Crippen MR) is 104 cm³/mol. The molecule has 0 aromatic heterocycles. The van der Waals surface area contributed by atoms with E-state index in [1.54, 1.807) is 42.2 Å². The number of rotatable bonds is 8. The molecule has 2 aromatic carbocycles. The maximum absolute atomic E-state index is 13.8. The van der Waals surface area contributed by atoms with Gasteiger partial charge in [-0.1, -0.05) is 25.1 Å². The fourth-order valence-corrected chi connectivity index (χ4v) is 2.53. The number of hydrogen-bond donors (Lipinski definition) is 2. The number of methoxy groups -OCH3 is 1. The second-order valence-electron chi connectivity index (χ2n) is 6.08. The second-order valence-corrected chi connectivity index (χ2v) is 6.08. The van der Waals surface area contributed by atoms with Crippen LogP contribution in [0.25, 0.3) is 0 Å². The molecule has 0 saturated heterocycles. The van der Waals surface area contributed by atoms with Crippen LogP contribution in [0.15, 0.2) is 42.5 Å². The molecular weight excluding hydrogens is 349 g/mol. The quantitative estimate of drug-likeness (QED) is 0.746. The summed E-state index contributed by atoms with van der Waals surface area (Å²) in [7, 11) is 1.53. The molecule has 6 nitrogen and oxygen atoms in total. The van der Waals surface area contributed by atoms with Crippen molar-refractivity contribution in [3.05, 3.63) is 53.8 Å². The van der Waals surface area contributed by atoms with E-state index in [2.05, 4.69) is 10.6 Å². The lowest BCUT2D eigenvalue weighted by molar-refractivity contribution is -0.119. The van der Waals surface area contributed by atoms with Gasteiger partial charge in [-0.05, 0) is 43.3 Å². The summed E-state index contributed by atoms with van der Waals surface area (Å²) in [5, 5.41) is 5.30. The topological polar surface area (TPSA) is 70.7 Å². The van der Waals surface area contributed by atoms with Gasteiger partial charge >= 0.3 is 0 Å². The van der Waals surface area contributed by atoms with Crippen LogP contribution in [0.2, 0.25) is 0 Å². The molecule has 0 unspecified atom stereocenters. The summed E-state index contributed by atoms with van der Waals surface area (Å²) in [5.74, 6) is -0.581. The Morgan fingerprint density at radius 2 is 1.67 bits per heavy atom. The molecule has 0 heterocycles. The number of nitrogens with one attached hydrogen (secondary N) is 2. The highest BCUT2D eigenvalue weighted by Crippen LogP contribution is 2.22. The number of carbonyl (C=O) groups excluding carboxylic acids is 2. The lowest BCUT2D eigenvalue weighted by Crippen LogP contribution is -2.38. The van der Waals surface area contributed by atoms with E-state index >= 15 is 0 Å². The number of ether oxygens (including phenoxy) is 1. The molecule has 0 spiro atoms. The van der Waals surface area contributed by atoms with Crippen LogP contribution < -0.4 is 15.4 Å². The van der Waals surface area contributed by atoms with E-state index < -0.39 is 5.82 Å². The van der Waals surface area contributed by atoms with E-state index in [-0.39, 0.29) is 30.6 Å². The van der Waals surface area contributed by atoms with Crippen LogP contribution in [0.4, 0.5) is 15.8 Å². The SMILES string of the molecule is CCN(CC(=O)Nc1ccc(C)cc1F)CC(=O)Nc1ccccc1OC. The molecule has 0 fully saturated rings. The van der Waals surface area contributed by atoms with Crippen molar-refractivity contribution in [1.82, 2.24) is 4.90 Å². The highest BCUT2D eigenvalue weighted by Gasteiger charge is 2.15. The van der Waals surface area contributed by atoms with Crippen molar-refractivity contribution in [2.75, 3.05) is 37.4 Å². The summed E-state index contributed by atoms with van der Waals surface area (Å²) in [5.41, 5.74) is 1.46. The van der Waals surface area contributed by atoms with Crippen LogP contribution in [-0.4, -0.2) is 43.5 Å². The molecule has 2 aromatic rings. The Bertz CT molecular complexity index is 811. The van der Waals surface area contributed by atoms with E-state index in [9.17, 15) is 14.0 Å². The Morgan fingerprint density at radius 3 is 2.26 bits per heavy atom. The van der Waals surface area contributed by atoms with Crippen LogP contribution >= 0.6 is 0 Å². The first kappa shape index (κ1) is 20.4. The summed E-state index contributed by atoms with van der Waals surface area (Å²) >= 11 is 0. The number of nitrogens with zero attached hydrogens (tertiary/aromatic N) is 1. The molecule has 7 heteroatoms.